The Bertz CT molecular complexity index is 903. The maximum atomic E-state index is 13.4. The Balaban J connectivity index is 2.00. The highest BCUT2D eigenvalue weighted by molar-refractivity contribution is 6.31. The summed E-state index contributed by atoms with van der Waals surface area (Å²) in [4.78, 5) is 3.36. The van der Waals surface area contributed by atoms with Gasteiger partial charge >= 0.3 is 0 Å². The number of halogens is 3. The lowest BCUT2D eigenvalue weighted by atomic mass is 10.1. The number of aromatic nitrogens is 4. The van der Waals surface area contributed by atoms with Gasteiger partial charge in [0.1, 0.15) is 0 Å². The second kappa shape index (κ2) is 6.99. The molecule has 0 saturated carbocycles. The van der Waals surface area contributed by atoms with E-state index in [1.165, 1.54) is 16.9 Å². The largest absolute Gasteiger partial charge is 0.344 e. The SMILES string of the molecule is CCn1nnc(-c2cc(Cl)ccc2N(C)c2ccc(C(C)(F)F)cc2)n1. The molecule has 0 atom stereocenters. The standard InChI is InChI=1S/C18H18ClF2N5/c1-4-26-23-17(22-24-26)15-11-13(19)7-10-16(15)25(3)14-8-5-12(6-9-14)18(2,20)21/h5-11H,4H2,1-3H3. The monoisotopic (exact) mass is 377 g/mol. The highest BCUT2D eigenvalue weighted by Crippen LogP contribution is 2.35. The average Bonchev–Trinajstić information content (AvgIpc) is 3.09. The van der Waals surface area contributed by atoms with E-state index in [1.54, 1.807) is 24.3 Å². The van der Waals surface area contributed by atoms with Crippen molar-refractivity contribution in [2.75, 3.05) is 11.9 Å². The van der Waals surface area contributed by atoms with Gasteiger partial charge in [-0.15, -0.1) is 10.2 Å². The molecule has 0 aliphatic heterocycles. The number of nitrogens with zero attached hydrogens (tertiary/aromatic N) is 5. The molecule has 8 heteroatoms. The molecule has 3 rings (SSSR count). The molecule has 0 bridgehead atoms. The van der Waals surface area contributed by atoms with Crippen LogP contribution in [0.3, 0.4) is 0 Å². The minimum Gasteiger partial charge on any atom is -0.344 e. The van der Waals surface area contributed by atoms with Crippen LogP contribution in [0.1, 0.15) is 19.4 Å². The van der Waals surface area contributed by atoms with E-state index >= 15 is 0 Å². The van der Waals surface area contributed by atoms with E-state index in [0.29, 0.717) is 23.0 Å². The van der Waals surface area contributed by atoms with Gasteiger partial charge in [-0.1, -0.05) is 23.7 Å². The highest BCUT2D eigenvalue weighted by atomic mass is 35.5. The quantitative estimate of drug-likeness (QED) is 0.635. The lowest BCUT2D eigenvalue weighted by molar-refractivity contribution is 0.0175. The molecule has 26 heavy (non-hydrogen) atoms. The van der Waals surface area contributed by atoms with Crippen LogP contribution in [-0.2, 0) is 12.5 Å². The Kier molecular flexibility index (Phi) is 4.91. The zero-order valence-corrected chi connectivity index (χ0v) is 15.4. The molecule has 0 radical (unpaired) electrons. The fourth-order valence-electron chi connectivity index (χ4n) is 2.58. The topological polar surface area (TPSA) is 46.8 Å². The Morgan fingerprint density at radius 2 is 1.85 bits per heavy atom. The normalized spacial score (nSPS) is 11.6. The minimum atomic E-state index is -2.87. The van der Waals surface area contributed by atoms with E-state index in [0.717, 1.165) is 18.3 Å². The summed E-state index contributed by atoms with van der Waals surface area (Å²) in [6.45, 7) is 3.40. The Labute approximate surface area is 155 Å². The second-order valence-electron chi connectivity index (χ2n) is 5.96. The summed E-state index contributed by atoms with van der Waals surface area (Å²) in [5.41, 5.74) is 2.23. The number of anilines is 2. The third-order valence-corrected chi connectivity index (χ3v) is 4.29. The average molecular weight is 378 g/mol. The van der Waals surface area contributed by atoms with E-state index in [4.69, 9.17) is 11.6 Å². The van der Waals surface area contributed by atoms with Crippen LogP contribution >= 0.6 is 11.6 Å². The number of hydrogen-bond acceptors (Lipinski definition) is 4. The van der Waals surface area contributed by atoms with Crippen LogP contribution in [0, 0.1) is 0 Å². The number of aryl methyl sites for hydroxylation is 1. The fourth-order valence-corrected chi connectivity index (χ4v) is 2.75. The smallest absolute Gasteiger partial charge is 0.270 e. The molecule has 0 aliphatic carbocycles. The second-order valence-corrected chi connectivity index (χ2v) is 6.39. The maximum Gasteiger partial charge on any atom is 0.270 e. The molecule has 0 saturated heterocycles. The van der Waals surface area contributed by atoms with Gasteiger partial charge in [-0.25, -0.2) is 8.78 Å². The molecular weight excluding hydrogens is 360 g/mol. The molecule has 0 amide bonds. The van der Waals surface area contributed by atoms with Crippen LogP contribution in [0.15, 0.2) is 42.5 Å². The van der Waals surface area contributed by atoms with Gasteiger partial charge in [0, 0.05) is 35.8 Å². The van der Waals surface area contributed by atoms with Crippen LogP contribution in [0.5, 0.6) is 0 Å². The van der Waals surface area contributed by atoms with Crippen LogP contribution in [-0.4, -0.2) is 27.3 Å². The summed E-state index contributed by atoms with van der Waals surface area (Å²) < 4.78 is 26.8. The van der Waals surface area contributed by atoms with Crippen molar-refractivity contribution >= 4 is 23.0 Å². The number of alkyl halides is 2. The maximum absolute atomic E-state index is 13.4. The number of benzene rings is 2. The van der Waals surface area contributed by atoms with Gasteiger partial charge in [-0.05, 0) is 42.5 Å². The van der Waals surface area contributed by atoms with E-state index in [2.05, 4.69) is 15.4 Å². The van der Waals surface area contributed by atoms with Crippen molar-refractivity contribution in [3.8, 4) is 11.4 Å². The first-order valence-electron chi connectivity index (χ1n) is 8.09. The molecule has 1 aromatic heterocycles. The molecular formula is C18H18ClF2N5. The van der Waals surface area contributed by atoms with Crippen molar-refractivity contribution in [2.45, 2.75) is 26.3 Å². The van der Waals surface area contributed by atoms with Crippen LogP contribution in [0.4, 0.5) is 20.2 Å². The fraction of sp³-hybridized carbons (Fsp3) is 0.278. The first-order chi connectivity index (χ1) is 12.3. The summed E-state index contributed by atoms with van der Waals surface area (Å²) in [6, 6.07) is 11.5. The van der Waals surface area contributed by atoms with Gasteiger partial charge in [-0.2, -0.15) is 4.80 Å². The molecule has 0 spiro atoms. The van der Waals surface area contributed by atoms with Gasteiger partial charge in [0.05, 0.1) is 12.2 Å². The summed E-state index contributed by atoms with van der Waals surface area (Å²) in [6.07, 6.45) is 0. The minimum absolute atomic E-state index is 0.0291. The van der Waals surface area contributed by atoms with E-state index < -0.39 is 5.92 Å². The van der Waals surface area contributed by atoms with E-state index in [1.807, 2.05) is 24.9 Å². The summed E-state index contributed by atoms with van der Waals surface area (Å²) in [5, 5.41) is 12.9. The number of tetrazole rings is 1. The van der Waals surface area contributed by atoms with Crippen molar-refractivity contribution in [3.63, 3.8) is 0 Å². The number of hydrogen-bond donors (Lipinski definition) is 0. The van der Waals surface area contributed by atoms with Gasteiger partial charge < -0.3 is 4.90 Å². The summed E-state index contributed by atoms with van der Waals surface area (Å²) in [5.74, 6) is -2.42. The summed E-state index contributed by atoms with van der Waals surface area (Å²) in [7, 11) is 1.84. The lowest BCUT2D eigenvalue weighted by Crippen LogP contribution is -2.12. The molecule has 2 aromatic carbocycles. The molecule has 1 heterocycles. The Morgan fingerprint density at radius 1 is 1.15 bits per heavy atom. The van der Waals surface area contributed by atoms with Crippen LogP contribution < -0.4 is 4.90 Å². The van der Waals surface area contributed by atoms with Crippen molar-refractivity contribution in [1.82, 2.24) is 20.2 Å². The molecule has 0 unspecified atom stereocenters. The first-order valence-corrected chi connectivity index (χ1v) is 8.47. The zero-order chi connectivity index (χ0) is 18.9. The van der Waals surface area contributed by atoms with Gasteiger partial charge in [0.2, 0.25) is 5.82 Å². The molecule has 0 aliphatic rings. The van der Waals surface area contributed by atoms with Crippen LogP contribution in [0.2, 0.25) is 5.02 Å². The van der Waals surface area contributed by atoms with Gasteiger partial charge in [0.15, 0.2) is 0 Å². The van der Waals surface area contributed by atoms with Crippen molar-refractivity contribution in [3.05, 3.63) is 53.1 Å². The Morgan fingerprint density at radius 3 is 2.42 bits per heavy atom. The third kappa shape index (κ3) is 3.67. The molecule has 0 fully saturated rings. The van der Waals surface area contributed by atoms with Crippen molar-refractivity contribution in [2.24, 2.45) is 0 Å². The predicted molar refractivity (Wildman–Crippen MR) is 98.0 cm³/mol. The van der Waals surface area contributed by atoms with E-state index in [-0.39, 0.29) is 5.56 Å². The number of rotatable bonds is 5. The van der Waals surface area contributed by atoms with Crippen molar-refractivity contribution in [1.29, 1.82) is 0 Å². The van der Waals surface area contributed by atoms with Crippen molar-refractivity contribution < 1.29 is 8.78 Å². The molecule has 0 N–H and O–H groups in total. The third-order valence-electron chi connectivity index (χ3n) is 4.06. The zero-order valence-electron chi connectivity index (χ0n) is 14.6. The predicted octanol–water partition coefficient (Wildman–Crippen LogP) is 4.89. The summed E-state index contributed by atoms with van der Waals surface area (Å²) >= 11 is 6.14. The molecule has 3 aromatic rings. The van der Waals surface area contributed by atoms with Crippen LogP contribution in [0.25, 0.3) is 11.4 Å². The van der Waals surface area contributed by atoms with Gasteiger partial charge in [-0.3, -0.25) is 0 Å². The molecule has 5 nitrogen and oxygen atoms in total. The molecule has 136 valence electrons. The highest BCUT2D eigenvalue weighted by Gasteiger charge is 2.24. The lowest BCUT2D eigenvalue weighted by Gasteiger charge is -2.22. The van der Waals surface area contributed by atoms with E-state index in [9.17, 15) is 8.78 Å². The first kappa shape index (κ1) is 18.3. The van der Waals surface area contributed by atoms with Gasteiger partial charge in [0.25, 0.3) is 5.92 Å². The Hall–Kier alpha value is -2.54.